The van der Waals surface area contributed by atoms with Gasteiger partial charge in [-0.05, 0) is 31.0 Å². The molecule has 0 radical (unpaired) electrons. The van der Waals surface area contributed by atoms with Gasteiger partial charge in [0.15, 0.2) is 0 Å². The molecule has 0 aliphatic carbocycles. The summed E-state index contributed by atoms with van der Waals surface area (Å²) in [5, 5.41) is 1.15. The molecule has 1 heterocycles. The second kappa shape index (κ2) is 4.47. The second-order valence-electron chi connectivity index (χ2n) is 3.44. The van der Waals surface area contributed by atoms with Crippen molar-refractivity contribution >= 4 is 29.1 Å². The summed E-state index contributed by atoms with van der Waals surface area (Å²) < 4.78 is 0. The van der Waals surface area contributed by atoms with Crippen LogP contribution in [0.3, 0.4) is 0 Å². The molecule has 1 aromatic carbocycles. The van der Waals surface area contributed by atoms with Gasteiger partial charge in [0.1, 0.15) is 5.82 Å². The molecule has 0 fully saturated rings. The number of hydrogen-bond acceptors (Lipinski definition) is 3. The highest BCUT2D eigenvalue weighted by Crippen LogP contribution is 2.21. The molecule has 0 aliphatic rings. The maximum atomic E-state index is 5.38. The van der Waals surface area contributed by atoms with E-state index in [1.165, 1.54) is 5.56 Å². The smallest absolute Gasteiger partial charge is 0.143 e. The van der Waals surface area contributed by atoms with E-state index in [9.17, 15) is 0 Å². The van der Waals surface area contributed by atoms with Crippen molar-refractivity contribution < 1.29 is 0 Å². The number of para-hydroxylation sites is 1. The molecule has 2 aromatic rings. The van der Waals surface area contributed by atoms with E-state index in [0.717, 1.165) is 22.3 Å². The molecule has 1 aromatic heterocycles. The first-order chi connectivity index (χ1) is 6.72. The highest BCUT2D eigenvalue weighted by Gasteiger charge is 2.03. The Labute approximate surface area is 95.1 Å². The zero-order chi connectivity index (χ0) is 10.1. The number of pyridine rings is 1. The molecule has 3 N–H and O–H groups in total. The minimum Gasteiger partial charge on any atom is -0.308 e. The summed E-state index contributed by atoms with van der Waals surface area (Å²) >= 11 is 0. The van der Waals surface area contributed by atoms with Gasteiger partial charge < -0.3 is 5.43 Å². The lowest BCUT2D eigenvalue weighted by molar-refractivity contribution is 1.22. The largest absolute Gasteiger partial charge is 0.308 e. The van der Waals surface area contributed by atoms with Crippen LogP contribution >= 0.6 is 12.4 Å². The van der Waals surface area contributed by atoms with E-state index >= 15 is 0 Å². The van der Waals surface area contributed by atoms with Crippen LogP contribution in [-0.4, -0.2) is 4.98 Å². The molecule has 0 unspecified atom stereocenters. The molecule has 0 spiro atoms. The van der Waals surface area contributed by atoms with Crippen LogP contribution in [0.5, 0.6) is 0 Å². The molecular formula is C11H14ClN3. The number of hydrogen-bond donors (Lipinski definition) is 2. The van der Waals surface area contributed by atoms with Gasteiger partial charge in [-0.15, -0.1) is 12.4 Å². The van der Waals surface area contributed by atoms with Crippen molar-refractivity contribution in [2.75, 3.05) is 5.43 Å². The Balaban J connectivity index is 0.00000112. The summed E-state index contributed by atoms with van der Waals surface area (Å²) in [5.41, 5.74) is 5.84. The highest BCUT2D eigenvalue weighted by molar-refractivity contribution is 5.85. The Morgan fingerprint density at radius 2 is 1.93 bits per heavy atom. The lowest BCUT2D eigenvalue weighted by Crippen LogP contribution is -2.10. The molecule has 80 valence electrons. The summed E-state index contributed by atoms with van der Waals surface area (Å²) in [4.78, 5) is 4.46. The Morgan fingerprint density at radius 1 is 1.20 bits per heavy atom. The van der Waals surface area contributed by atoms with E-state index < -0.39 is 0 Å². The van der Waals surface area contributed by atoms with E-state index in [2.05, 4.69) is 22.5 Å². The summed E-state index contributed by atoms with van der Waals surface area (Å²) in [5.74, 6) is 6.12. The SMILES string of the molecule is Cc1cc2cccc(C)c2nc1NN.Cl. The van der Waals surface area contributed by atoms with E-state index in [1.807, 2.05) is 26.0 Å². The van der Waals surface area contributed by atoms with Gasteiger partial charge in [-0.1, -0.05) is 18.2 Å². The van der Waals surface area contributed by atoms with Crippen LogP contribution in [0.1, 0.15) is 11.1 Å². The molecule has 0 atom stereocenters. The molecule has 3 nitrogen and oxygen atoms in total. The standard InChI is InChI=1S/C11H13N3.ClH/c1-7-4-3-5-9-6-8(2)11(14-12)13-10(7)9;/h3-6H,12H2,1-2H3,(H,13,14);1H. The molecule has 15 heavy (non-hydrogen) atoms. The van der Waals surface area contributed by atoms with Crippen LogP contribution in [0.15, 0.2) is 24.3 Å². The van der Waals surface area contributed by atoms with E-state index in [4.69, 9.17) is 5.84 Å². The van der Waals surface area contributed by atoms with E-state index in [0.29, 0.717) is 0 Å². The molecule has 0 saturated carbocycles. The number of anilines is 1. The number of rotatable bonds is 1. The molecular weight excluding hydrogens is 210 g/mol. The average molecular weight is 224 g/mol. The van der Waals surface area contributed by atoms with Crippen molar-refractivity contribution in [3.05, 3.63) is 35.4 Å². The van der Waals surface area contributed by atoms with Crippen molar-refractivity contribution in [3.8, 4) is 0 Å². The average Bonchev–Trinajstić information content (AvgIpc) is 2.17. The quantitative estimate of drug-likeness (QED) is 0.577. The summed E-state index contributed by atoms with van der Waals surface area (Å²) in [6.45, 7) is 4.04. The van der Waals surface area contributed by atoms with Crippen LogP contribution in [0, 0.1) is 13.8 Å². The Bertz CT molecular complexity index is 482. The summed E-state index contributed by atoms with van der Waals surface area (Å²) in [6, 6.07) is 8.23. The number of nitrogens with zero attached hydrogens (tertiary/aromatic N) is 1. The Morgan fingerprint density at radius 3 is 2.60 bits per heavy atom. The first-order valence-corrected chi connectivity index (χ1v) is 4.56. The molecule has 4 heteroatoms. The first kappa shape index (κ1) is 11.8. The number of nitrogen functional groups attached to an aromatic ring is 1. The maximum absolute atomic E-state index is 5.38. The lowest BCUT2D eigenvalue weighted by Gasteiger charge is -2.07. The summed E-state index contributed by atoms with van der Waals surface area (Å²) in [7, 11) is 0. The number of hydrazine groups is 1. The van der Waals surface area contributed by atoms with Crippen molar-refractivity contribution in [3.63, 3.8) is 0 Å². The van der Waals surface area contributed by atoms with Crippen LogP contribution < -0.4 is 11.3 Å². The fourth-order valence-corrected chi connectivity index (χ4v) is 1.60. The third kappa shape index (κ3) is 2.03. The molecule has 0 bridgehead atoms. The van der Waals surface area contributed by atoms with Crippen molar-refractivity contribution in [1.29, 1.82) is 0 Å². The van der Waals surface area contributed by atoms with Crippen molar-refractivity contribution in [2.45, 2.75) is 13.8 Å². The summed E-state index contributed by atoms with van der Waals surface area (Å²) in [6.07, 6.45) is 0. The van der Waals surface area contributed by atoms with E-state index in [-0.39, 0.29) is 12.4 Å². The topological polar surface area (TPSA) is 50.9 Å². The van der Waals surface area contributed by atoms with Crippen molar-refractivity contribution in [1.82, 2.24) is 4.98 Å². The van der Waals surface area contributed by atoms with E-state index in [1.54, 1.807) is 0 Å². The fourth-order valence-electron chi connectivity index (χ4n) is 1.60. The fraction of sp³-hybridized carbons (Fsp3) is 0.182. The molecule has 2 rings (SSSR count). The van der Waals surface area contributed by atoms with Gasteiger partial charge in [0.2, 0.25) is 0 Å². The minimum atomic E-state index is 0. The predicted octanol–water partition coefficient (Wildman–Crippen LogP) is 2.56. The van der Waals surface area contributed by atoms with Crippen LogP contribution in [-0.2, 0) is 0 Å². The number of nitrogens with one attached hydrogen (secondary N) is 1. The molecule has 0 aliphatic heterocycles. The monoisotopic (exact) mass is 223 g/mol. The second-order valence-corrected chi connectivity index (χ2v) is 3.44. The first-order valence-electron chi connectivity index (χ1n) is 4.56. The van der Waals surface area contributed by atoms with Crippen LogP contribution in [0.2, 0.25) is 0 Å². The van der Waals surface area contributed by atoms with Gasteiger partial charge in [-0.2, -0.15) is 0 Å². The van der Waals surface area contributed by atoms with Crippen molar-refractivity contribution in [2.24, 2.45) is 5.84 Å². The highest BCUT2D eigenvalue weighted by atomic mass is 35.5. The number of halogens is 1. The van der Waals surface area contributed by atoms with Crippen LogP contribution in [0.4, 0.5) is 5.82 Å². The van der Waals surface area contributed by atoms with Gasteiger partial charge >= 0.3 is 0 Å². The Kier molecular flexibility index (Phi) is 3.50. The number of aryl methyl sites for hydroxylation is 2. The minimum absolute atomic E-state index is 0. The van der Waals surface area contributed by atoms with Gasteiger partial charge in [0, 0.05) is 5.39 Å². The normalized spacial score (nSPS) is 9.80. The lowest BCUT2D eigenvalue weighted by atomic mass is 10.1. The van der Waals surface area contributed by atoms with Gasteiger partial charge in [0.25, 0.3) is 0 Å². The van der Waals surface area contributed by atoms with Gasteiger partial charge in [0.05, 0.1) is 5.52 Å². The zero-order valence-corrected chi connectivity index (χ0v) is 9.56. The third-order valence-corrected chi connectivity index (χ3v) is 2.37. The van der Waals surface area contributed by atoms with Crippen LogP contribution in [0.25, 0.3) is 10.9 Å². The van der Waals surface area contributed by atoms with Gasteiger partial charge in [-0.25, -0.2) is 10.8 Å². The Hall–Kier alpha value is -1.32. The maximum Gasteiger partial charge on any atom is 0.143 e. The molecule has 0 saturated heterocycles. The van der Waals surface area contributed by atoms with Gasteiger partial charge in [-0.3, -0.25) is 0 Å². The number of aromatic nitrogens is 1. The predicted molar refractivity (Wildman–Crippen MR) is 66.3 cm³/mol. The number of fused-ring (bicyclic) bond motifs is 1. The molecule has 0 amide bonds. The zero-order valence-electron chi connectivity index (χ0n) is 8.74. The number of benzene rings is 1. The third-order valence-electron chi connectivity index (χ3n) is 2.37. The number of nitrogens with two attached hydrogens (primary N) is 1.